The molecule has 1 heterocycles. The van der Waals surface area contributed by atoms with Crippen LogP contribution in [0.15, 0.2) is 47.5 Å². The third-order valence-electron chi connectivity index (χ3n) is 3.45. The van der Waals surface area contributed by atoms with Crippen LogP contribution in [0, 0.1) is 15.9 Å². The van der Waals surface area contributed by atoms with E-state index in [4.69, 9.17) is 4.74 Å². The van der Waals surface area contributed by atoms with Crippen molar-refractivity contribution in [3.05, 3.63) is 69.5 Å². The van der Waals surface area contributed by atoms with Gasteiger partial charge in [0, 0.05) is 18.2 Å². The molecule has 2 aromatic carbocycles. The summed E-state index contributed by atoms with van der Waals surface area (Å²) in [5.41, 5.74) is 0.995. The molecule has 0 amide bonds. The number of ether oxygens (including phenoxy) is 1. The maximum atomic E-state index is 14.1. The first kappa shape index (κ1) is 15.0. The van der Waals surface area contributed by atoms with Gasteiger partial charge < -0.3 is 10.1 Å². The van der Waals surface area contributed by atoms with Crippen molar-refractivity contribution in [2.45, 2.75) is 6.61 Å². The number of nitrogens with one attached hydrogen (secondary N) is 1. The predicted molar refractivity (Wildman–Crippen MR) is 83.2 cm³/mol. The topological polar surface area (TPSA) is 76.8 Å². The minimum absolute atomic E-state index is 0.0468. The smallest absolute Gasteiger partial charge is 0.276 e. The van der Waals surface area contributed by atoms with E-state index in [0.717, 1.165) is 6.54 Å². The highest BCUT2D eigenvalue weighted by Gasteiger charge is 2.15. The molecule has 0 atom stereocenters. The molecule has 0 fully saturated rings. The van der Waals surface area contributed by atoms with Crippen molar-refractivity contribution < 1.29 is 14.1 Å². The highest BCUT2D eigenvalue weighted by molar-refractivity contribution is 5.99. The lowest BCUT2D eigenvalue weighted by atomic mass is 10.2. The lowest BCUT2D eigenvalue weighted by molar-refractivity contribution is -0.385. The summed E-state index contributed by atoms with van der Waals surface area (Å²) in [7, 11) is 0. The van der Waals surface area contributed by atoms with Gasteiger partial charge in [-0.05, 0) is 24.3 Å². The molecule has 6 nitrogen and oxygen atoms in total. The fraction of sp³-hybridized carbons (Fsp3) is 0.188. The Morgan fingerprint density at radius 2 is 2.13 bits per heavy atom. The van der Waals surface area contributed by atoms with Crippen LogP contribution in [0.3, 0.4) is 0 Å². The number of para-hydroxylation sites is 1. The maximum Gasteiger partial charge on any atom is 0.276 e. The molecule has 1 aliphatic rings. The van der Waals surface area contributed by atoms with Gasteiger partial charge in [0.1, 0.15) is 12.4 Å². The van der Waals surface area contributed by atoms with Gasteiger partial charge in [-0.2, -0.15) is 0 Å². The van der Waals surface area contributed by atoms with E-state index >= 15 is 0 Å². The first-order chi connectivity index (χ1) is 11.1. The van der Waals surface area contributed by atoms with E-state index in [0.29, 0.717) is 23.5 Å². The number of aliphatic imine (C=N–C) groups is 1. The quantitative estimate of drug-likeness (QED) is 0.680. The Bertz CT molecular complexity index is 777. The SMILES string of the molecule is O=[N+]([O-])c1ccccc1COc1ccc(C2=NCCN2)cc1F. The summed E-state index contributed by atoms with van der Waals surface area (Å²) >= 11 is 0. The molecule has 0 spiro atoms. The molecule has 118 valence electrons. The largest absolute Gasteiger partial charge is 0.486 e. The third kappa shape index (κ3) is 3.28. The van der Waals surface area contributed by atoms with Crippen LogP contribution >= 0.6 is 0 Å². The van der Waals surface area contributed by atoms with E-state index in [1.54, 1.807) is 24.3 Å². The van der Waals surface area contributed by atoms with Gasteiger partial charge in [-0.25, -0.2) is 4.39 Å². The monoisotopic (exact) mass is 315 g/mol. The van der Waals surface area contributed by atoms with E-state index in [1.165, 1.54) is 18.2 Å². The number of nitro groups is 1. The Kier molecular flexibility index (Phi) is 4.18. The highest BCUT2D eigenvalue weighted by Crippen LogP contribution is 2.23. The second-order valence-electron chi connectivity index (χ2n) is 4.98. The summed E-state index contributed by atoms with van der Waals surface area (Å²) < 4.78 is 19.5. The van der Waals surface area contributed by atoms with Crippen molar-refractivity contribution in [2.24, 2.45) is 4.99 Å². The highest BCUT2D eigenvalue weighted by atomic mass is 19.1. The average Bonchev–Trinajstić information content (AvgIpc) is 3.08. The molecule has 0 aliphatic carbocycles. The van der Waals surface area contributed by atoms with Crippen LogP contribution in [-0.2, 0) is 6.61 Å². The van der Waals surface area contributed by atoms with Crippen LogP contribution in [0.2, 0.25) is 0 Å². The first-order valence-corrected chi connectivity index (χ1v) is 7.08. The summed E-state index contributed by atoms with van der Waals surface area (Å²) in [6, 6.07) is 10.8. The predicted octanol–water partition coefficient (Wildman–Crippen LogP) is 2.66. The van der Waals surface area contributed by atoms with Crippen LogP contribution < -0.4 is 10.1 Å². The summed E-state index contributed by atoms with van der Waals surface area (Å²) in [6.45, 7) is 1.34. The van der Waals surface area contributed by atoms with Gasteiger partial charge in [-0.1, -0.05) is 12.1 Å². The molecular weight excluding hydrogens is 301 g/mol. The van der Waals surface area contributed by atoms with E-state index in [-0.39, 0.29) is 18.0 Å². The zero-order valence-electron chi connectivity index (χ0n) is 12.2. The zero-order chi connectivity index (χ0) is 16.2. The van der Waals surface area contributed by atoms with Crippen molar-refractivity contribution >= 4 is 11.5 Å². The number of benzene rings is 2. The van der Waals surface area contributed by atoms with Gasteiger partial charge in [-0.15, -0.1) is 0 Å². The van der Waals surface area contributed by atoms with Crippen molar-refractivity contribution in [3.8, 4) is 5.75 Å². The summed E-state index contributed by atoms with van der Waals surface area (Å²) in [5.74, 6) is 0.178. The summed E-state index contributed by atoms with van der Waals surface area (Å²) in [5, 5.41) is 14.0. The second-order valence-corrected chi connectivity index (χ2v) is 4.98. The molecule has 0 saturated heterocycles. The Morgan fingerprint density at radius 1 is 1.30 bits per heavy atom. The molecule has 23 heavy (non-hydrogen) atoms. The number of hydrogen-bond donors (Lipinski definition) is 1. The Hall–Kier alpha value is -2.96. The van der Waals surface area contributed by atoms with Crippen LogP contribution in [0.25, 0.3) is 0 Å². The van der Waals surface area contributed by atoms with Crippen LogP contribution in [0.1, 0.15) is 11.1 Å². The van der Waals surface area contributed by atoms with Crippen LogP contribution in [0.5, 0.6) is 5.75 Å². The van der Waals surface area contributed by atoms with Gasteiger partial charge in [0.05, 0.1) is 17.0 Å². The van der Waals surface area contributed by atoms with Gasteiger partial charge >= 0.3 is 0 Å². The number of amidine groups is 1. The van der Waals surface area contributed by atoms with Crippen LogP contribution in [-0.4, -0.2) is 23.8 Å². The first-order valence-electron chi connectivity index (χ1n) is 7.08. The number of hydrogen-bond acceptors (Lipinski definition) is 5. The van der Waals surface area contributed by atoms with E-state index in [9.17, 15) is 14.5 Å². The molecule has 7 heteroatoms. The van der Waals surface area contributed by atoms with E-state index < -0.39 is 10.7 Å². The molecule has 1 aliphatic heterocycles. The minimum atomic E-state index is -0.530. The molecule has 0 radical (unpaired) electrons. The fourth-order valence-corrected chi connectivity index (χ4v) is 2.32. The molecule has 2 aromatic rings. The van der Waals surface area contributed by atoms with Gasteiger partial charge in [-0.3, -0.25) is 15.1 Å². The van der Waals surface area contributed by atoms with Crippen molar-refractivity contribution in [1.29, 1.82) is 0 Å². The van der Waals surface area contributed by atoms with Gasteiger partial charge in [0.2, 0.25) is 0 Å². The van der Waals surface area contributed by atoms with E-state index in [1.807, 2.05) is 0 Å². The van der Waals surface area contributed by atoms with Crippen LogP contribution in [0.4, 0.5) is 10.1 Å². The molecule has 1 N–H and O–H groups in total. The van der Waals surface area contributed by atoms with Crippen molar-refractivity contribution in [3.63, 3.8) is 0 Å². The Balaban J connectivity index is 1.75. The lowest BCUT2D eigenvalue weighted by Gasteiger charge is -2.09. The second kappa shape index (κ2) is 6.43. The molecule has 0 aromatic heterocycles. The lowest BCUT2D eigenvalue weighted by Crippen LogP contribution is -2.19. The molecule has 3 rings (SSSR count). The fourth-order valence-electron chi connectivity index (χ4n) is 2.32. The summed E-state index contributed by atoms with van der Waals surface area (Å²) in [6.07, 6.45) is 0. The van der Waals surface area contributed by atoms with Gasteiger partial charge in [0.25, 0.3) is 5.69 Å². The number of nitrogens with zero attached hydrogens (tertiary/aromatic N) is 2. The van der Waals surface area contributed by atoms with Gasteiger partial charge in [0.15, 0.2) is 11.6 Å². The number of nitro benzene ring substituents is 1. The summed E-state index contributed by atoms with van der Waals surface area (Å²) in [4.78, 5) is 14.7. The normalized spacial score (nSPS) is 13.3. The number of halogens is 1. The van der Waals surface area contributed by atoms with Crippen molar-refractivity contribution in [1.82, 2.24) is 5.32 Å². The average molecular weight is 315 g/mol. The maximum absolute atomic E-state index is 14.1. The minimum Gasteiger partial charge on any atom is -0.486 e. The standard InChI is InChI=1S/C16H14FN3O3/c17-13-9-11(16-18-7-8-19-16)5-6-15(13)23-10-12-3-1-2-4-14(12)20(21)22/h1-6,9H,7-8,10H2,(H,18,19). The third-order valence-corrected chi connectivity index (χ3v) is 3.45. The molecule has 0 unspecified atom stereocenters. The molecule has 0 bridgehead atoms. The zero-order valence-corrected chi connectivity index (χ0v) is 12.2. The molecule has 0 saturated carbocycles. The van der Waals surface area contributed by atoms with Crippen molar-refractivity contribution in [2.75, 3.05) is 13.1 Å². The Labute approximate surface area is 131 Å². The number of rotatable bonds is 5. The van der Waals surface area contributed by atoms with E-state index in [2.05, 4.69) is 10.3 Å². The Morgan fingerprint density at radius 3 is 2.83 bits per heavy atom. The molecular formula is C16H14FN3O3.